The molecule has 1 unspecified atom stereocenters. The van der Waals surface area contributed by atoms with Crippen molar-refractivity contribution in [3.05, 3.63) is 65.7 Å². The predicted molar refractivity (Wildman–Crippen MR) is 91.5 cm³/mol. The van der Waals surface area contributed by atoms with Gasteiger partial charge in [-0.2, -0.15) is 35.1 Å². The summed E-state index contributed by atoms with van der Waals surface area (Å²) in [6.45, 7) is 0. The molecular formula is C19H15ClF8O. The highest BCUT2D eigenvalue weighted by atomic mass is 35.5. The van der Waals surface area contributed by atoms with E-state index in [0.29, 0.717) is 5.75 Å². The molecule has 0 N–H and O–H groups in total. The van der Waals surface area contributed by atoms with Gasteiger partial charge in [0.2, 0.25) is 0 Å². The SMILES string of the molecule is COc1ccc(C(CC(F)(F)C(F)(F)C(F)(F)C(F)(F)Cl)c2ccccc2)cc1. The Bertz CT molecular complexity index is 803. The maximum Gasteiger partial charge on any atom is 0.392 e. The number of alkyl halides is 9. The van der Waals surface area contributed by atoms with E-state index in [1.807, 2.05) is 0 Å². The van der Waals surface area contributed by atoms with Crippen molar-refractivity contribution < 1.29 is 39.9 Å². The van der Waals surface area contributed by atoms with Crippen molar-refractivity contribution in [3.8, 4) is 5.75 Å². The van der Waals surface area contributed by atoms with Gasteiger partial charge >= 0.3 is 23.1 Å². The normalized spacial score (nSPS) is 14.6. The van der Waals surface area contributed by atoms with Crippen LogP contribution in [0.1, 0.15) is 23.5 Å². The second-order valence-electron chi connectivity index (χ2n) is 6.29. The summed E-state index contributed by atoms with van der Waals surface area (Å²) in [6.07, 6.45) is -1.86. The average Bonchev–Trinajstić information content (AvgIpc) is 2.66. The summed E-state index contributed by atoms with van der Waals surface area (Å²) in [6, 6.07) is 12.4. The first kappa shape index (κ1) is 23.3. The lowest BCUT2D eigenvalue weighted by Gasteiger charge is -2.36. The fourth-order valence-electron chi connectivity index (χ4n) is 2.74. The Kier molecular flexibility index (Phi) is 6.42. The van der Waals surface area contributed by atoms with Gasteiger partial charge in [0.25, 0.3) is 0 Å². The van der Waals surface area contributed by atoms with E-state index in [2.05, 4.69) is 11.6 Å². The standard InChI is InChI=1S/C19H15ClF8O/c1-29-14-9-7-13(8-10-14)15(12-5-3-2-4-6-12)11-16(21,22)17(23,24)18(25,26)19(20,27)28/h2-10,15H,11H2,1H3. The Hall–Kier alpha value is -2.03. The average molecular weight is 447 g/mol. The van der Waals surface area contributed by atoms with Gasteiger partial charge < -0.3 is 4.74 Å². The molecule has 0 aliphatic carbocycles. The summed E-state index contributed by atoms with van der Waals surface area (Å²) in [5.41, 5.74) is 0.183. The minimum Gasteiger partial charge on any atom is -0.497 e. The second kappa shape index (κ2) is 8.01. The smallest absolute Gasteiger partial charge is 0.392 e. The van der Waals surface area contributed by atoms with E-state index < -0.39 is 35.5 Å². The fraction of sp³-hybridized carbons (Fsp3) is 0.368. The van der Waals surface area contributed by atoms with Crippen LogP contribution in [-0.2, 0) is 0 Å². The van der Waals surface area contributed by atoms with Crippen LogP contribution in [-0.4, -0.2) is 30.3 Å². The van der Waals surface area contributed by atoms with Crippen molar-refractivity contribution in [1.29, 1.82) is 0 Å². The van der Waals surface area contributed by atoms with E-state index in [9.17, 15) is 35.1 Å². The number of ether oxygens (including phenoxy) is 1. The molecule has 0 radical (unpaired) electrons. The molecule has 0 spiro atoms. The second-order valence-corrected chi connectivity index (χ2v) is 6.77. The third-order valence-electron chi connectivity index (χ3n) is 4.39. The van der Waals surface area contributed by atoms with E-state index in [0.717, 1.165) is 0 Å². The highest BCUT2D eigenvalue weighted by Crippen LogP contribution is 2.56. The van der Waals surface area contributed by atoms with Crippen molar-refractivity contribution in [2.24, 2.45) is 0 Å². The minimum absolute atomic E-state index is 0.0772. The maximum atomic E-state index is 14.3. The third kappa shape index (κ3) is 4.44. The molecule has 0 fully saturated rings. The van der Waals surface area contributed by atoms with Crippen molar-refractivity contribution in [3.63, 3.8) is 0 Å². The monoisotopic (exact) mass is 446 g/mol. The molecule has 0 bridgehead atoms. The highest BCUT2D eigenvalue weighted by Gasteiger charge is 2.80. The summed E-state index contributed by atoms with van der Waals surface area (Å²) in [4.78, 5) is 0. The molecule has 0 aromatic heterocycles. The lowest BCUT2D eigenvalue weighted by Crippen LogP contribution is -2.60. The molecule has 0 aliphatic rings. The molecule has 0 saturated carbocycles. The van der Waals surface area contributed by atoms with Crippen LogP contribution in [0.4, 0.5) is 35.1 Å². The van der Waals surface area contributed by atoms with Crippen LogP contribution in [0.15, 0.2) is 54.6 Å². The molecule has 2 rings (SSSR count). The fourth-order valence-corrected chi connectivity index (χ4v) is 2.86. The number of rotatable bonds is 8. The van der Waals surface area contributed by atoms with Gasteiger partial charge in [-0.25, -0.2) is 0 Å². The van der Waals surface area contributed by atoms with Gasteiger partial charge in [0.05, 0.1) is 7.11 Å². The number of hydrogen-bond acceptors (Lipinski definition) is 1. The van der Waals surface area contributed by atoms with Crippen molar-refractivity contribution >= 4 is 11.6 Å². The van der Waals surface area contributed by atoms with Crippen LogP contribution in [0.25, 0.3) is 0 Å². The van der Waals surface area contributed by atoms with Crippen molar-refractivity contribution in [2.45, 2.75) is 35.5 Å². The quantitative estimate of drug-likeness (QED) is 0.315. The minimum atomic E-state index is -6.48. The molecule has 0 amide bonds. The molecule has 1 nitrogen and oxygen atoms in total. The molecule has 29 heavy (non-hydrogen) atoms. The molecule has 10 heteroatoms. The lowest BCUT2D eigenvalue weighted by atomic mass is 9.84. The van der Waals surface area contributed by atoms with Crippen molar-refractivity contribution in [2.75, 3.05) is 7.11 Å². The Morgan fingerprint density at radius 3 is 1.69 bits per heavy atom. The first-order chi connectivity index (χ1) is 13.2. The Labute approximate surface area is 166 Å². The summed E-state index contributed by atoms with van der Waals surface area (Å²) >= 11 is 4.01. The number of benzene rings is 2. The molecule has 1 atom stereocenters. The number of halogens is 9. The van der Waals surface area contributed by atoms with E-state index in [1.165, 1.54) is 61.7 Å². The molecular weight excluding hydrogens is 432 g/mol. The first-order valence-electron chi connectivity index (χ1n) is 8.13. The zero-order valence-corrected chi connectivity index (χ0v) is 15.5. The van der Waals surface area contributed by atoms with Gasteiger partial charge in [-0.05, 0) is 34.9 Å². The third-order valence-corrected chi connectivity index (χ3v) is 4.63. The topological polar surface area (TPSA) is 9.23 Å². The molecule has 160 valence electrons. The van der Waals surface area contributed by atoms with Crippen LogP contribution in [0, 0.1) is 0 Å². The molecule has 0 aliphatic heterocycles. The number of hydrogen-bond donors (Lipinski definition) is 0. The van der Waals surface area contributed by atoms with Gasteiger partial charge in [0.1, 0.15) is 5.75 Å². The largest absolute Gasteiger partial charge is 0.497 e. The highest BCUT2D eigenvalue weighted by molar-refractivity contribution is 6.22. The summed E-state index contributed by atoms with van der Waals surface area (Å²) in [5.74, 6) is -19.6. The Morgan fingerprint density at radius 2 is 1.24 bits per heavy atom. The lowest BCUT2D eigenvalue weighted by molar-refractivity contribution is -0.349. The zero-order valence-electron chi connectivity index (χ0n) is 14.8. The van der Waals surface area contributed by atoms with Gasteiger partial charge in [-0.1, -0.05) is 42.5 Å². The van der Waals surface area contributed by atoms with Crippen molar-refractivity contribution in [1.82, 2.24) is 0 Å². The van der Waals surface area contributed by atoms with Gasteiger partial charge in [-0.15, -0.1) is 0 Å². The van der Waals surface area contributed by atoms with E-state index in [1.54, 1.807) is 0 Å². The van der Waals surface area contributed by atoms with Crippen LogP contribution >= 0.6 is 11.6 Å². The molecule has 0 heterocycles. The van der Waals surface area contributed by atoms with Gasteiger partial charge in [0, 0.05) is 12.3 Å². The van der Waals surface area contributed by atoms with E-state index in [-0.39, 0.29) is 11.1 Å². The molecule has 2 aromatic rings. The van der Waals surface area contributed by atoms with Crippen LogP contribution in [0.5, 0.6) is 5.75 Å². The molecule has 2 aromatic carbocycles. The van der Waals surface area contributed by atoms with Gasteiger partial charge in [-0.3, -0.25) is 0 Å². The van der Waals surface area contributed by atoms with Crippen LogP contribution < -0.4 is 4.74 Å². The van der Waals surface area contributed by atoms with E-state index in [4.69, 9.17) is 4.74 Å². The Morgan fingerprint density at radius 1 is 0.759 bits per heavy atom. The summed E-state index contributed by atoms with van der Waals surface area (Å²) < 4.78 is 114. The van der Waals surface area contributed by atoms with Gasteiger partial charge in [0.15, 0.2) is 0 Å². The predicted octanol–water partition coefficient (Wildman–Crippen LogP) is 6.95. The first-order valence-corrected chi connectivity index (χ1v) is 8.51. The van der Waals surface area contributed by atoms with Crippen LogP contribution in [0.2, 0.25) is 0 Å². The number of methoxy groups -OCH3 is 1. The summed E-state index contributed by atoms with van der Waals surface area (Å²) in [7, 11) is 1.34. The molecule has 0 saturated heterocycles. The maximum absolute atomic E-state index is 14.3. The Balaban J connectivity index is 2.49. The summed E-state index contributed by atoms with van der Waals surface area (Å²) in [5, 5.41) is -5.87. The van der Waals surface area contributed by atoms with E-state index >= 15 is 0 Å². The zero-order chi connectivity index (χ0) is 22.1. The van der Waals surface area contributed by atoms with Crippen LogP contribution in [0.3, 0.4) is 0 Å².